The van der Waals surface area contributed by atoms with Gasteiger partial charge in [0.25, 0.3) is 30.4 Å². The first-order chi connectivity index (χ1) is 36.8. The van der Waals surface area contributed by atoms with E-state index in [1.54, 1.807) is 13.0 Å². The molecule has 8 rings (SSSR count). The van der Waals surface area contributed by atoms with Crippen molar-refractivity contribution in [2.75, 3.05) is 27.1 Å². The number of carboxylic acids is 1. The Morgan fingerprint density at radius 2 is 0.988 bits per heavy atom. The first-order valence-electron chi connectivity index (χ1n) is 21.8. The van der Waals surface area contributed by atoms with Crippen LogP contribution in [0.2, 0.25) is 0 Å². The van der Waals surface area contributed by atoms with Crippen LogP contribution >= 0.6 is 0 Å². The van der Waals surface area contributed by atoms with Gasteiger partial charge in [0.15, 0.2) is 0 Å². The molecule has 32 heteroatoms. The Balaban J connectivity index is 0.00000401. The van der Waals surface area contributed by atoms with Gasteiger partial charge in [-0.15, -0.1) is 30.7 Å². The van der Waals surface area contributed by atoms with E-state index in [1.807, 2.05) is 0 Å². The fraction of sp³-hybridized carbons (Fsp3) is 0.0816. The largest absolute Gasteiger partial charge is 1.00 e. The topological polar surface area (TPSA) is 422 Å². The number of hydrogen-bond acceptors (Lipinski definition) is 22. The first kappa shape index (κ1) is 65.3. The van der Waals surface area contributed by atoms with Crippen LogP contribution in [0.25, 0.3) is 32.7 Å². The second-order valence-electron chi connectivity index (χ2n) is 16.4. The molecule has 0 unspecified atom stereocenters. The minimum absolute atomic E-state index is 0. The molecule has 8 aromatic carbocycles. The van der Waals surface area contributed by atoms with Gasteiger partial charge in [-0.25, -0.2) is 4.79 Å². The maximum absolute atomic E-state index is 14.1. The number of rotatable bonds is 16. The summed E-state index contributed by atoms with van der Waals surface area (Å²) < 4.78 is 120. The van der Waals surface area contributed by atoms with Gasteiger partial charge < -0.3 is 40.4 Å². The first-order valence-corrected chi connectivity index (χ1v) is 26.2. The van der Waals surface area contributed by atoms with E-state index in [4.69, 9.17) is 19.9 Å². The zero-order valence-corrected chi connectivity index (χ0v) is 51.8. The number of azo groups is 4. The maximum atomic E-state index is 14.1. The molecule has 0 saturated heterocycles. The van der Waals surface area contributed by atoms with E-state index < -0.39 is 85.2 Å². The van der Waals surface area contributed by atoms with Crippen LogP contribution < -0.4 is 124 Å². The molecule has 0 bridgehead atoms. The second-order valence-corrected chi connectivity index (χ2v) is 20.6. The molecule has 26 nitrogen and oxygen atoms in total. The van der Waals surface area contributed by atoms with E-state index in [0.717, 1.165) is 42.5 Å². The number of aryl methyl sites for hydroxylation is 1. The molecule has 6 N–H and O–H groups in total. The predicted octanol–water partition coefficient (Wildman–Crippen LogP) is 0.909. The Morgan fingerprint density at radius 3 is 1.52 bits per heavy atom. The van der Waals surface area contributed by atoms with E-state index in [1.165, 1.54) is 82.0 Å². The van der Waals surface area contributed by atoms with Crippen molar-refractivity contribution in [1.82, 2.24) is 0 Å². The molecule has 81 heavy (non-hydrogen) atoms. The monoisotopic (exact) mass is 1190 g/mol. The number of nitrogens with two attached hydrogens (primary N) is 1. The quantitative estimate of drug-likeness (QED) is 0.0388. The standard InChI is InChI=1S/C49H39N9O17S3.3Na/c1-23-15-37(41(75-4)22-36(23)54-51-27-7-14-38(59)32(20-27)49(62)63)55-56-44-31-21-43(78(70,71)72)46(48(61)30(31)10-11-33(44)50)58-53-35-13-6-25(18-40(35)74-3)24-5-12-34(39(17-24)73-2)52-57-45-42(77(67,68)69)19-26-16-28(76(64,65)66)8-9-29(26)47(45)60;;;/h5-22,59-61H,50H2,1-4H3,(H,62,63)(H,64,65,66)(H,67,68,69)(H,70,71,72);;;/q;3*+1/p-3. The number of hydrogen-bond donors (Lipinski definition) is 5. The molecule has 0 atom stereocenters. The van der Waals surface area contributed by atoms with Crippen LogP contribution in [0.15, 0.2) is 165 Å². The molecule has 0 spiro atoms. The van der Waals surface area contributed by atoms with Gasteiger partial charge in [-0.1, -0.05) is 47.6 Å². The molecule has 0 aliphatic carbocycles. The number of nitrogen functional groups attached to an aromatic ring is 1. The van der Waals surface area contributed by atoms with Gasteiger partial charge in [0, 0.05) is 11.5 Å². The fourth-order valence-electron chi connectivity index (χ4n) is 7.64. The van der Waals surface area contributed by atoms with Crippen LogP contribution in [0, 0.1) is 6.92 Å². The summed E-state index contributed by atoms with van der Waals surface area (Å²) >= 11 is 0. The molecule has 0 aromatic heterocycles. The molecule has 0 aliphatic rings. The van der Waals surface area contributed by atoms with Crippen molar-refractivity contribution in [2.24, 2.45) is 40.9 Å². The number of aromatic carboxylic acids is 1. The Labute approximate surface area is 526 Å². The van der Waals surface area contributed by atoms with Crippen molar-refractivity contribution in [1.29, 1.82) is 0 Å². The Morgan fingerprint density at radius 1 is 0.494 bits per heavy atom. The molecule has 400 valence electrons. The number of methoxy groups -OCH3 is 3. The summed E-state index contributed by atoms with van der Waals surface area (Å²) in [4.78, 5) is 8.82. The van der Waals surface area contributed by atoms with Crippen LogP contribution in [0.5, 0.6) is 34.5 Å². The molecule has 0 radical (unpaired) electrons. The van der Waals surface area contributed by atoms with E-state index >= 15 is 0 Å². The summed E-state index contributed by atoms with van der Waals surface area (Å²) in [5.74, 6) is -3.94. The minimum Gasteiger partial charge on any atom is -0.872 e. The number of carbonyl (C=O) groups is 1. The number of carboxylic acid groups (broad SMARTS) is 1. The zero-order chi connectivity index (χ0) is 56.6. The van der Waals surface area contributed by atoms with E-state index in [-0.39, 0.29) is 167 Å². The summed E-state index contributed by atoms with van der Waals surface area (Å²) in [6.07, 6.45) is 0. The predicted molar refractivity (Wildman–Crippen MR) is 273 cm³/mol. The molecule has 0 aliphatic heterocycles. The van der Waals surface area contributed by atoms with Crippen molar-refractivity contribution < 1.29 is 167 Å². The number of anilines is 1. The maximum Gasteiger partial charge on any atom is 1.00 e. The number of fused-ring (bicyclic) bond motifs is 2. The second kappa shape index (κ2) is 26.2. The molecule has 8 aromatic rings. The molecule has 0 heterocycles. The van der Waals surface area contributed by atoms with Crippen molar-refractivity contribution in [3.8, 4) is 45.6 Å². The van der Waals surface area contributed by atoms with E-state index in [2.05, 4.69) is 40.9 Å². The van der Waals surface area contributed by atoms with E-state index in [0.29, 0.717) is 16.7 Å². The summed E-state index contributed by atoms with van der Waals surface area (Å²) in [6.45, 7) is 1.65. The smallest absolute Gasteiger partial charge is 0.872 e. The zero-order valence-electron chi connectivity index (χ0n) is 43.4. The molecule has 0 fully saturated rings. The van der Waals surface area contributed by atoms with Crippen LogP contribution in [-0.2, 0) is 30.4 Å². The van der Waals surface area contributed by atoms with Crippen LogP contribution in [0.3, 0.4) is 0 Å². The average molecular weight is 1190 g/mol. The summed E-state index contributed by atoms with van der Waals surface area (Å²) in [5.41, 5.74) is 5.83. The number of benzene rings is 8. The molecule has 0 amide bonds. The van der Waals surface area contributed by atoms with Gasteiger partial charge in [-0.2, -0.15) is 35.5 Å². The van der Waals surface area contributed by atoms with Crippen LogP contribution in [0.1, 0.15) is 15.9 Å². The Kier molecular flexibility index (Phi) is 21.1. The minimum atomic E-state index is -5.21. The molecular formula is C49H36N9Na3O17S3. The van der Waals surface area contributed by atoms with Gasteiger partial charge in [0.2, 0.25) is 0 Å². The molecule has 0 saturated carbocycles. The summed E-state index contributed by atoms with van der Waals surface area (Å²) in [7, 11) is -11.2. The van der Waals surface area contributed by atoms with Crippen molar-refractivity contribution in [2.45, 2.75) is 21.6 Å². The van der Waals surface area contributed by atoms with Crippen molar-refractivity contribution >= 4 is 109 Å². The van der Waals surface area contributed by atoms with Crippen LogP contribution in [-0.4, -0.2) is 71.3 Å². The summed E-state index contributed by atoms with van der Waals surface area (Å²) in [5, 5.41) is 80.5. The summed E-state index contributed by atoms with van der Waals surface area (Å²) in [6, 6.07) is 22.4. The Hall–Kier alpha value is -6.52. The average Bonchev–Trinajstić information content (AvgIpc) is 3.38. The fourth-order valence-corrected chi connectivity index (χ4v) is 9.45. The van der Waals surface area contributed by atoms with Gasteiger partial charge in [-0.3, -0.25) is 13.7 Å². The Bertz CT molecular complexity index is 4320. The number of nitrogens with zero attached hydrogens (tertiary/aromatic N) is 8. The SMILES string of the molecule is COc1cc(-c2ccc(N=Nc3c(S(=O)(=O)O)cc4c(N=Nc5cc(C)c(N=Nc6ccc([O-])c(C(=O)O)c6)cc5OC)c(N)ccc4c3[O-])c(OC)c2)ccc1N=Nc1c(S(=O)(=O)O)cc2cc(S(=O)(=O)O)ccc2c1[O-].[Na+].[Na+].[Na+]. The van der Waals surface area contributed by atoms with Crippen molar-refractivity contribution in [3.63, 3.8) is 0 Å². The molecular weight excluding hydrogens is 1150 g/mol. The van der Waals surface area contributed by atoms with Gasteiger partial charge in [0.1, 0.15) is 49.8 Å². The van der Waals surface area contributed by atoms with E-state index in [9.17, 15) is 64.1 Å². The van der Waals surface area contributed by atoms with Gasteiger partial charge >= 0.3 is 94.6 Å². The third-order valence-electron chi connectivity index (χ3n) is 11.5. The number of ether oxygens (including phenoxy) is 3. The van der Waals surface area contributed by atoms with Gasteiger partial charge in [-0.05, 0) is 113 Å². The van der Waals surface area contributed by atoms with Gasteiger partial charge in [0.05, 0.1) is 60.2 Å². The third kappa shape index (κ3) is 14.2. The third-order valence-corrected chi connectivity index (χ3v) is 14.1. The normalized spacial score (nSPS) is 12.0. The van der Waals surface area contributed by atoms with Crippen molar-refractivity contribution in [3.05, 3.63) is 120 Å². The van der Waals surface area contributed by atoms with Crippen LogP contribution in [0.4, 0.5) is 51.2 Å².